The summed E-state index contributed by atoms with van der Waals surface area (Å²) in [6.07, 6.45) is 8.71. The molecule has 8 aromatic carbocycles. The highest BCUT2D eigenvalue weighted by Crippen LogP contribution is 2.36. The zero-order valence-electron chi connectivity index (χ0n) is 31.8. The van der Waals surface area contributed by atoms with E-state index in [4.69, 9.17) is 0 Å². The average molecular weight is 721 g/mol. The molecular weight excluding hydrogens is 677 g/mol. The molecule has 0 aliphatic carbocycles. The second kappa shape index (κ2) is 16.9. The van der Waals surface area contributed by atoms with Gasteiger partial charge < -0.3 is 9.80 Å². The third kappa shape index (κ3) is 8.62. The van der Waals surface area contributed by atoms with Gasteiger partial charge in [-0.1, -0.05) is 169 Å². The lowest BCUT2D eigenvalue weighted by Crippen LogP contribution is -2.09. The van der Waals surface area contributed by atoms with Gasteiger partial charge in [-0.25, -0.2) is 0 Å². The van der Waals surface area contributed by atoms with Gasteiger partial charge >= 0.3 is 0 Å². The summed E-state index contributed by atoms with van der Waals surface area (Å²) in [5.74, 6) is 0. The molecule has 8 aromatic rings. The molecule has 0 aromatic heterocycles. The SMILES string of the molecule is Cc1ccc(N(c2ccccc2)c2ccc(/C=C/c3ccc(-c4ccc(/C=C/c5ccc(N(c6ccccc6)c6ccc(C)cc6)cc5)cc4)cc3)cc2)cc1. The highest BCUT2D eigenvalue weighted by molar-refractivity contribution is 5.80. The summed E-state index contributed by atoms with van der Waals surface area (Å²) in [6.45, 7) is 4.24. The standard InChI is InChI=1S/C54H44N2/c1-41-13-33-51(34-14-41)55(49-9-5-3-6-10-49)53-37-25-45(26-38-53)19-17-43-21-29-47(30-22-43)48-31-23-44(24-32-48)18-20-46-27-39-54(40-28-46)56(50-11-7-4-8-12-50)52-35-15-42(2)16-36-52/h3-40H,1-2H3/b19-17+,20-18+. The molecule has 0 fully saturated rings. The zero-order chi connectivity index (χ0) is 38.1. The van der Waals surface area contributed by atoms with Crippen LogP contribution in [0.2, 0.25) is 0 Å². The van der Waals surface area contributed by atoms with Crippen LogP contribution in [-0.4, -0.2) is 0 Å². The van der Waals surface area contributed by atoms with Gasteiger partial charge in [0.15, 0.2) is 0 Å². The normalized spacial score (nSPS) is 11.2. The van der Waals surface area contributed by atoms with Crippen LogP contribution in [-0.2, 0) is 0 Å². The summed E-state index contributed by atoms with van der Waals surface area (Å²) in [5.41, 5.74) is 16.4. The molecule has 0 amide bonds. The molecule has 0 aliphatic rings. The molecule has 0 radical (unpaired) electrons. The first kappa shape index (κ1) is 35.8. The summed E-state index contributed by atoms with van der Waals surface area (Å²) < 4.78 is 0. The van der Waals surface area contributed by atoms with Crippen LogP contribution in [0.25, 0.3) is 35.4 Å². The molecule has 0 saturated heterocycles. The van der Waals surface area contributed by atoms with E-state index in [2.05, 4.69) is 254 Å². The van der Waals surface area contributed by atoms with Gasteiger partial charge in [0, 0.05) is 34.1 Å². The summed E-state index contributed by atoms with van der Waals surface area (Å²) >= 11 is 0. The highest BCUT2D eigenvalue weighted by Gasteiger charge is 2.13. The topological polar surface area (TPSA) is 6.48 Å². The van der Waals surface area contributed by atoms with Crippen LogP contribution in [0.5, 0.6) is 0 Å². The molecule has 0 bridgehead atoms. The van der Waals surface area contributed by atoms with Crippen molar-refractivity contribution in [2.75, 3.05) is 9.80 Å². The molecule has 0 unspecified atom stereocenters. The molecule has 8 rings (SSSR count). The Kier molecular flexibility index (Phi) is 10.8. The van der Waals surface area contributed by atoms with Crippen molar-refractivity contribution in [3.63, 3.8) is 0 Å². The molecule has 270 valence electrons. The van der Waals surface area contributed by atoms with Crippen LogP contribution in [0, 0.1) is 13.8 Å². The van der Waals surface area contributed by atoms with Gasteiger partial charge in [-0.15, -0.1) is 0 Å². The van der Waals surface area contributed by atoms with Gasteiger partial charge in [-0.3, -0.25) is 0 Å². The minimum atomic E-state index is 1.13. The second-order valence-electron chi connectivity index (χ2n) is 14.1. The number of aryl methyl sites for hydroxylation is 2. The fraction of sp³-hybridized carbons (Fsp3) is 0.0370. The lowest BCUT2D eigenvalue weighted by Gasteiger charge is -2.25. The lowest BCUT2D eigenvalue weighted by molar-refractivity contribution is 1.27. The van der Waals surface area contributed by atoms with Crippen molar-refractivity contribution in [2.45, 2.75) is 13.8 Å². The molecule has 0 saturated carbocycles. The quantitative estimate of drug-likeness (QED) is 0.123. The molecule has 0 atom stereocenters. The summed E-state index contributed by atoms with van der Waals surface area (Å²) in [4.78, 5) is 4.58. The van der Waals surface area contributed by atoms with Crippen molar-refractivity contribution in [2.24, 2.45) is 0 Å². The van der Waals surface area contributed by atoms with Crippen molar-refractivity contribution >= 4 is 58.4 Å². The Labute approximate surface area is 331 Å². The predicted molar refractivity (Wildman–Crippen MR) is 241 cm³/mol. The largest absolute Gasteiger partial charge is 0.311 e. The third-order valence-electron chi connectivity index (χ3n) is 10.0. The first-order valence-electron chi connectivity index (χ1n) is 19.2. The predicted octanol–water partition coefficient (Wildman–Crippen LogP) is 15.3. The van der Waals surface area contributed by atoms with E-state index in [1.807, 2.05) is 0 Å². The molecule has 56 heavy (non-hydrogen) atoms. The fourth-order valence-corrected chi connectivity index (χ4v) is 6.86. The zero-order valence-corrected chi connectivity index (χ0v) is 31.8. The number of anilines is 6. The van der Waals surface area contributed by atoms with Crippen molar-refractivity contribution in [1.82, 2.24) is 0 Å². The maximum absolute atomic E-state index is 2.29. The molecule has 2 heteroatoms. The highest BCUT2D eigenvalue weighted by atomic mass is 15.1. The van der Waals surface area contributed by atoms with E-state index in [0.29, 0.717) is 0 Å². The van der Waals surface area contributed by atoms with E-state index in [1.165, 1.54) is 33.4 Å². The van der Waals surface area contributed by atoms with Crippen molar-refractivity contribution < 1.29 is 0 Å². The number of benzene rings is 8. The number of nitrogens with zero attached hydrogens (tertiary/aromatic N) is 2. The smallest absolute Gasteiger partial charge is 0.0462 e. The van der Waals surface area contributed by atoms with Crippen LogP contribution < -0.4 is 9.80 Å². The number of rotatable bonds is 11. The van der Waals surface area contributed by atoms with E-state index in [0.717, 1.165) is 45.3 Å². The molecule has 0 N–H and O–H groups in total. The fourth-order valence-electron chi connectivity index (χ4n) is 6.86. The Morgan fingerprint density at radius 2 is 0.482 bits per heavy atom. The molecule has 0 heterocycles. The third-order valence-corrected chi connectivity index (χ3v) is 10.0. The van der Waals surface area contributed by atoms with E-state index in [1.54, 1.807) is 0 Å². The van der Waals surface area contributed by atoms with E-state index < -0.39 is 0 Å². The number of para-hydroxylation sites is 2. The first-order valence-corrected chi connectivity index (χ1v) is 19.2. The van der Waals surface area contributed by atoms with Crippen molar-refractivity contribution in [3.8, 4) is 11.1 Å². The summed E-state index contributed by atoms with van der Waals surface area (Å²) in [6, 6.07) is 73.4. The number of hydrogen-bond acceptors (Lipinski definition) is 2. The Bertz CT molecular complexity index is 2330. The van der Waals surface area contributed by atoms with Crippen molar-refractivity contribution in [3.05, 3.63) is 240 Å². The van der Waals surface area contributed by atoms with E-state index in [-0.39, 0.29) is 0 Å². The van der Waals surface area contributed by atoms with Crippen LogP contribution in [0.1, 0.15) is 33.4 Å². The Balaban J connectivity index is 0.905. The van der Waals surface area contributed by atoms with Crippen LogP contribution in [0.4, 0.5) is 34.1 Å². The van der Waals surface area contributed by atoms with Crippen molar-refractivity contribution in [1.29, 1.82) is 0 Å². The minimum absolute atomic E-state index is 1.13. The van der Waals surface area contributed by atoms with Gasteiger partial charge in [0.25, 0.3) is 0 Å². The monoisotopic (exact) mass is 720 g/mol. The maximum Gasteiger partial charge on any atom is 0.0462 e. The van der Waals surface area contributed by atoms with Gasteiger partial charge in [-0.2, -0.15) is 0 Å². The molecule has 2 nitrogen and oxygen atoms in total. The van der Waals surface area contributed by atoms with Gasteiger partial charge in [0.05, 0.1) is 0 Å². The lowest BCUT2D eigenvalue weighted by atomic mass is 10.0. The minimum Gasteiger partial charge on any atom is -0.311 e. The second-order valence-corrected chi connectivity index (χ2v) is 14.1. The molecule has 0 spiro atoms. The van der Waals surface area contributed by atoms with Crippen LogP contribution >= 0.6 is 0 Å². The van der Waals surface area contributed by atoms with E-state index >= 15 is 0 Å². The number of hydrogen-bond donors (Lipinski definition) is 0. The Morgan fingerprint density at radius 3 is 0.768 bits per heavy atom. The first-order chi connectivity index (χ1) is 27.6. The van der Waals surface area contributed by atoms with Crippen LogP contribution in [0.15, 0.2) is 206 Å². The Morgan fingerprint density at radius 1 is 0.250 bits per heavy atom. The Hall–Kier alpha value is -7.16. The van der Waals surface area contributed by atoms with Gasteiger partial charge in [0.1, 0.15) is 0 Å². The van der Waals surface area contributed by atoms with E-state index in [9.17, 15) is 0 Å². The van der Waals surface area contributed by atoms with Crippen LogP contribution in [0.3, 0.4) is 0 Å². The maximum atomic E-state index is 2.29. The summed E-state index contributed by atoms with van der Waals surface area (Å²) in [5, 5.41) is 0. The van der Waals surface area contributed by atoms with Gasteiger partial charge in [-0.05, 0) is 120 Å². The van der Waals surface area contributed by atoms with Gasteiger partial charge in [0.2, 0.25) is 0 Å². The average Bonchev–Trinajstić information content (AvgIpc) is 3.26. The molecular formula is C54H44N2. The molecule has 0 aliphatic heterocycles. The summed E-state index contributed by atoms with van der Waals surface area (Å²) in [7, 11) is 0.